The Morgan fingerprint density at radius 2 is 1.81 bits per heavy atom. The van der Waals surface area contributed by atoms with E-state index in [1.165, 1.54) is 6.08 Å². The standard InChI is InChI=1S/C17H17NO3/c1-20-16-10-7-14(8-11-16)9-12-17(19)18-21-13-15-5-3-2-4-6-15/h2-12H,13H2,1H3,(H,18,19)/b12-9+. The Morgan fingerprint density at radius 1 is 1.10 bits per heavy atom. The number of hydrogen-bond acceptors (Lipinski definition) is 3. The zero-order valence-corrected chi connectivity index (χ0v) is 11.8. The van der Waals surface area contributed by atoms with Crippen LogP contribution in [-0.4, -0.2) is 13.0 Å². The van der Waals surface area contributed by atoms with Crippen LogP contribution in [-0.2, 0) is 16.2 Å². The average Bonchev–Trinajstić information content (AvgIpc) is 2.54. The van der Waals surface area contributed by atoms with Gasteiger partial charge in [0.15, 0.2) is 0 Å². The van der Waals surface area contributed by atoms with Crippen molar-refractivity contribution in [3.63, 3.8) is 0 Å². The molecule has 0 bridgehead atoms. The first-order valence-corrected chi connectivity index (χ1v) is 6.56. The van der Waals surface area contributed by atoms with E-state index in [1.807, 2.05) is 54.6 Å². The van der Waals surface area contributed by atoms with Crippen LogP contribution in [0.25, 0.3) is 6.08 Å². The Kier molecular flexibility index (Phi) is 5.55. The summed E-state index contributed by atoms with van der Waals surface area (Å²) in [6.45, 7) is 0.336. The molecule has 0 aliphatic rings. The molecule has 21 heavy (non-hydrogen) atoms. The molecule has 0 aliphatic heterocycles. The Labute approximate surface area is 124 Å². The van der Waals surface area contributed by atoms with Crippen molar-refractivity contribution in [3.8, 4) is 5.75 Å². The summed E-state index contributed by atoms with van der Waals surface area (Å²) in [7, 11) is 1.61. The molecule has 0 aliphatic carbocycles. The van der Waals surface area contributed by atoms with Crippen molar-refractivity contribution < 1.29 is 14.4 Å². The van der Waals surface area contributed by atoms with Crippen molar-refractivity contribution in [2.45, 2.75) is 6.61 Å². The molecule has 0 atom stereocenters. The van der Waals surface area contributed by atoms with Crippen LogP contribution in [0.4, 0.5) is 0 Å². The minimum atomic E-state index is -0.304. The quantitative estimate of drug-likeness (QED) is 0.655. The molecule has 108 valence electrons. The highest BCUT2D eigenvalue weighted by atomic mass is 16.6. The molecule has 0 saturated carbocycles. The number of carbonyl (C=O) groups is 1. The highest BCUT2D eigenvalue weighted by Gasteiger charge is 1.97. The molecular weight excluding hydrogens is 266 g/mol. The summed E-state index contributed by atoms with van der Waals surface area (Å²) in [5, 5.41) is 0. The molecule has 4 nitrogen and oxygen atoms in total. The minimum absolute atomic E-state index is 0.304. The van der Waals surface area contributed by atoms with Gasteiger partial charge in [-0.2, -0.15) is 0 Å². The highest BCUT2D eigenvalue weighted by molar-refractivity contribution is 5.90. The summed E-state index contributed by atoms with van der Waals surface area (Å²) in [5.41, 5.74) is 4.28. The van der Waals surface area contributed by atoms with Gasteiger partial charge in [-0.05, 0) is 29.3 Å². The summed E-state index contributed by atoms with van der Waals surface area (Å²) in [5.74, 6) is 0.476. The monoisotopic (exact) mass is 283 g/mol. The molecule has 0 aromatic heterocycles. The number of amides is 1. The summed E-state index contributed by atoms with van der Waals surface area (Å²) in [4.78, 5) is 16.7. The zero-order valence-electron chi connectivity index (χ0n) is 11.8. The molecule has 0 radical (unpaired) electrons. The second-order valence-electron chi connectivity index (χ2n) is 4.35. The molecule has 0 spiro atoms. The SMILES string of the molecule is COc1ccc(/C=C/C(=O)NOCc2ccccc2)cc1. The van der Waals surface area contributed by atoms with Gasteiger partial charge in [0.05, 0.1) is 13.7 Å². The number of benzene rings is 2. The molecule has 0 fully saturated rings. The molecule has 2 rings (SSSR count). The number of hydroxylamine groups is 1. The number of methoxy groups -OCH3 is 1. The van der Waals surface area contributed by atoms with Crippen molar-refractivity contribution in [3.05, 3.63) is 71.8 Å². The van der Waals surface area contributed by atoms with E-state index in [1.54, 1.807) is 13.2 Å². The Hall–Kier alpha value is -2.59. The molecule has 4 heteroatoms. The van der Waals surface area contributed by atoms with Crippen LogP contribution in [0, 0.1) is 0 Å². The Bertz CT molecular complexity index is 591. The third-order valence-electron chi connectivity index (χ3n) is 2.80. The Morgan fingerprint density at radius 3 is 2.48 bits per heavy atom. The highest BCUT2D eigenvalue weighted by Crippen LogP contribution is 2.12. The van der Waals surface area contributed by atoms with Crippen molar-refractivity contribution in [1.29, 1.82) is 0 Å². The van der Waals surface area contributed by atoms with Gasteiger partial charge in [-0.1, -0.05) is 42.5 Å². The number of rotatable bonds is 6. The van der Waals surface area contributed by atoms with Gasteiger partial charge >= 0.3 is 0 Å². The topological polar surface area (TPSA) is 47.6 Å². The van der Waals surface area contributed by atoms with Crippen LogP contribution in [0.1, 0.15) is 11.1 Å². The van der Waals surface area contributed by atoms with Gasteiger partial charge in [-0.3, -0.25) is 9.63 Å². The van der Waals surface area contributed by atoms with E-state index >= 15 is 0 Å². The van der Waals surface area contributed by atoms with E-state index in [-0.39, 0.29) is 5.91 Å². The first-order chi connectivity index (χ1) is 10.3. The average molecular weight is 283 g/mol. The third-order valence-corrected chi connectivity index (χ3v) is 2.80. The molecule has 2 aromatic carbocycles. The largest absolute Gasteiger partial charge is 0.497 e. The van der Waals surface area contributed by atoms with Crippen molar-refractivity contribution in [2.75, 3.05) is 7.11 Å². The number of nitrogens with one attached hydrogen (secondary N) is 1. The lowest BCUT2D eigenvalue weighted by Gasteiger charge is -2.03. The maximum atomic E-state index is 11.6. The lowest BCUT2D eigenvalue weighted by Crippen LogP contribution is -2.21. The maximum absolute atomic E-state index is 11.6. The smallest absolute Gasteiger partial charge is 0.267 e. The van der Waals surface area contributed by atoms with E-state index in [0.29, 0.717) is 6.61 Å². The van der Waals surface area contributed by atoms with Crippen LogP contribution in [0.15, 0.2) is 60.7 Å². The van der Waals surface area contributed by atoms with Crippen LogP contribution in [0.3, 0.4) is 0 Å². The van der Waals surface area contributed by atoms with Gasteiger partial charge in [-0.25, -0.2) is 5.48 Å². The van der Waals surface area contributed by atoms with Crippen molar-refractivity contribution in [1.82, 2.24) is 5.48 Å². The minimum Gasteiger partial charge on any atom is -0.497 e. The summed E-state index contributed by atoms with van der Waals surface area (Å²) < 4.78 is 5.07. The zero-order chi connectivity index (χ0) is 14.9. The van der Waals surface area contributed by atoms with E-state index in [0.717, 1.165) is 16.9 Å². The Balaban J connectivity index is 1.77. The fraction of sp³-hybridized carbons (Fsp3) is 0.118. The third kappa shape index (κ3) is 5.12. The molecule has 1 N–H and O–H groups in total. The van der Waals surface area contributed by atoms with Crippen molar-refractivity contribution in [2.24, 2.45) is 0 Å². The lowest BCUT2D eigenvalue weighted by atomic mass is 10.2. The van der Waals surface area contributed by atoms with E-state index < -0.39 is 0 Å². The van der Waals surface area contributed by atoms with Gasteiger partial charge in [0, 0.05) is 6.08 Å². The fourth-order valence-electron chi connectivity index (χ4n) is 1.69. The summed E-state index contributed by atoms with van der Waals surface area (Å²) in [6, 6.07) is 17.0. The van der Waals surface area contributed by atoms with Gasteiger partial charge in [-0.15, -0.1) is 0 Å². The van der Waals surface area contributed by atoms with Crippen LogP contribution in [0.2, 0.25) is 0 Å². The van der Waals surface area contributed by atoms with Crippen LogP contribution in [0.5, 0.6) is 5.75 Å². The molecule has 1 amide bonds. The first kappa shape index (κ1) is 14.8. The predicted molar refractivity (Wildman–Crippen MR) is 81.4 cm³/mol. The second kappa shape index (κ2) is 7.87. The van der Waals surface area contributed by atoms with Crippen LogP contribution >= 0.6 is 0 Å². The maximum Gasteiger partial charge on any atom is 0.267 e. The first-order valence-electron chi connectivity index (χ1n) is 6.56. The summed E-state index contributed by atoms with van der Waals surface area (Å²) >= 11 is 0. The van der Waals surface area contributed by atoms with Gasteiger partial charge in [0.1, 0.15) is 5.75 Å². The molecule has 2 aromatic rings. The molecule has 0 saturated heterocycles. The lowest BCUT2D eigenvalue weighted by molar-refractivity contribution is -0.129. The molecule has 0 unspecified atom stereocenters. The predicted octanol–water partition coefficient (Wildman–Crippen LogP) is 2.96. The second-order valence-corrected chi connectivity index (χ2v) is 4.35. The van der Waals surface area contributed by atoms with E-state index in [2.05, 4.69) is 5.48 Å². The normalized spacial score (nSPS) is 10.5. The van der Waals surface area contributed by atoms with Crippen molar-refractivity contribution >= 4 is 12.0 Å². The fourth-order valence-corrected chi connectivity index (χ4v) is 1.69. The van der Waals surface area contributed by atoms with E-state index in [9.17, 15) is 4.79 Å². The van der Waals surface area contributed by atoms with Gasteiger partial charge < -0.3 is 4.74 Å². The number of hydrogen-bond donors (Lipinski definition) is 1. The van der Waals surface area contributed by atoms with Gasteiger partial charge in [0.25, 0.3) is 5.91 Å². The van der Waals surface area contributed by atoms with Crippen LogP contribution < -0.4 is 10.2 Å². The number of ether oxygens (including phenoxy) is 1. The number of carbonyl (C=O) groups excluding carboxylic acids is 1. The van der Waals surface area contributed by atoms with Gasteiger partial charge in [0.2, 0.25) is 0 Å². The van der Waals surface area contributed by atoms with E-state index in [4.69, 9.17) is 9.57 Å². The summed E-state index contributed by atoms with van der Waals surface area (Å²) in [6.07, 6.45) is 3.13. The molecule has 0 heterocycles. The molecular formula is C17H17NO3.